The number of thioether (sulfide) groups is 1. The number of halogens is 2. The number of nitrogens with zero attached hydrogens (tertiary/aromatic N) is 1. The SMILES string of the molecule is CC1CC(Nc2ccc(SC(F)F)cc2)CN1C. The van der Waals surface area contributed by atoms with Crippen LogP contribution in [0.3, 0.4) is 0 Å². The maximum atomic E-state index is 12.2. The van der Waals surface area contributed by atoms with Crippen LogP contribution in [0.1, 0.15) is 13.3 Å². The molecular formula is C13H18F2N2S. The zero-order valence-corrected chi connectivity index (χ0v) is 11.4. The van der Waals surface area contributed by atoms with Crippen LogP contribution in [0.4, 0.5) is 14.5 Å². The first kappa shape index (κ1) is 13.6. The van der Waals surface area contributed by atoms with Crippen molar-refractivity contribution in [3.63, 3.8) is 0 Å². The fourth-order valence-corrected chi connectivity index (χ4v) is 2.77. The predicted octanol–water partition coefficient (Wildman–Crippen LogP) is 3.51. The first-order valence-electron chi connectivity index (χ1n) is 6.06. The quantitative estimate of drug-likeness (QED) is 0.844. The summed E-state index contributed by atoms with van der Waals surface area (Å²) >= 11 is 0.581. The van der Waals surface area contributed by atoms with E-state index in [1.165, 1.54) is 0 Å². The van der Waals surface area contributed by atoms with Crippen molar-refractivity contribution in [3.05, 3.63) is 24.3 Å². The maximum absolute atomic E-state index is 12.2. The third-order valence-electron chi connectivity index (χ3n) is 3.34. The fourth-order valence-electron chi connectivity index (χ4n) is 2.27. The van der Waals surface area contributed by atoms with Crippen molar-refractivity contribution in [2.75, 3.05) is 18.9 Å². The van der Waals surface area contributed by atoms with Gasteiger partial charge < -0.3 is 10.2 Å². The molecule has 0 bridgehead atoms. The Balaban J connectivity index is 1.90. The lowest BCUT2D eigenvalue weighted by molar-refractivity contribution is 0.252. The standard InChI is InChI=1S/C13H18F2N2S/c1-9-7-11(8-17(9)2)16-10-3-5-12(6-4-10)18-13(14)15/h3-6,9,11,13,16H,7-8H2,1-2H3. The van der Waals surface area contributed by atoms with Gasteiger partial charge in [-0.15, -0.1) is 0 Å². The van der Waals surface area contributed by atoms with Crippen LogP contribution in [0.15, 0.2) is 29.2 Å². The van der Waals surface area contributed by atoms with E-state index in [0.717, 1.165) is 18.7 Å². The highest BCUT2D eigenvalue weighted by atomic mass is 32.2. The van der Waals surface area contributed by atoms with E-state index in [-0.39, 0.29) is 0 Å². The molecule has 1 aromatic rings. The molecule has 0 spiro atoms. The van der Waals surface area contributed by atoms with Gasteiger partial charge in [-0.05, 0) is 44.7 Å². The van der Waals surface area contributed by atoms with Gasteiger partial charge in [-0.3, -0.25) is 0 Å². The normalized spacial score (nSPS) is 24.7. The van der Waals surface area contributed by atoms with Crippen LogP contribution >= 0.6 is 11.8 Å². The van der Waals surface area contributed by atoms with E-state index in [0.29, 0.717) is 28.7 Å². The van der Waals surface area contributed by atoms with Gasteiger partial charge in [0.15, 0.2) is 0 Å². The smallest absolute Gasteiger partial charge is 0.288 e. The van der Waals surface area contributed by atoms with E-state index in [2.05, 4.69) is 24.2 Å². The molecule has 1 aliphatic rings. The maximum Gasteiger partial charge on any atom is 0.288 e. The van der Waals surface area contributed by atoms with E-state index >= 15 is 0 Å². The van der Waals surface area contributed by atoms with E-state index < -0.39 is 5.76 Å². The van der Waals surface area contributed by atoms with Crippen LogP contribution in [-0.2, 0) is 0 Å². The Kier molecular flexibility index (Phi) is 4.45. The van der Waals surface area contributed by atoms with Crippen LogP contribution in [0, 0.1) is 0 Å². The number of alkyl halides is 2. The molecule has 1 N–H and O–H groups in total. The highest BCUT2D eigenvalue weighted by molar-refractivity contribution is 7.99. The van der Waals surface area contributed by atoms with Gasteiger partial charge in [0, 0.05) is 29.2 Å². The molecule has 2 rings (SSSR count). The molecule has 0 amide bonds. The summed E-state index contributed by atoms with van der Waals surface area (Å²) in [6, 6.07) is 8.25. The Labute approximate surface area is 111 Å². The third kappa shape index (κ3) is 3.59. The van der Waals surface area contributed by atoms with Crippen molar-refractivity contribution in [2.24, 2.45) is 0 Å². The number of hydrogen-bond acceptors (Lipinski definition) is 3. The zero-order valence-electron chi connectivity index (χ0n) is 10.6. The van der Waals surface area contributed by atoms with Crippen molar-refractivity contribution in [1.82, 2.24) is 4.90 Å². The Morgan fingerprint density at radius 2 is 2.00 bits per heavy atom. The lowest BCUT2D eigenvalue weighted by atomic mass is 10.2. The lowest BCUT2D eigenvalue weighted by Gasteiger charge is -2.14. The third-order valence-corrected chi connectivity index (χ3v) is 4.06. The number of hydrogen-bond donors (Lipinski definition) is 1. The highest BCUT2D eigenvalue weighted by Gasteiger charge is 2.25. The first-order valence-corrected chi connectivity index (χ1v) is 6.94. The molecule has 5 heteroatoms. The van der Waals surface area contributed by atoms with Crippen LogP contribution in [-0.4, -0.2) is 36.3 Å². The summed E-state index contributed by atoms with van der Waals surface area (Å²) < 4.78 is 24.4. The Morgan fingerprint density at radius 1 is 1.33 bits per heavy atom. The molecule has 0 saturated carbocycles. The molecule has 1 heterocycles. The summed E-state index contributed by atoms with van der Waals surface area (Å²) in [4.78, 5) is 2.92. The van der Waals surface area contributed by atoms with Gasteiger partial charge in [0.25, 0.3) is 5.76 Å². The topological polar surface area (TPSA) is 15.3 Å². The van der Waals surface area contributed by atoms with Crippen molar-refractivity contribution in [3.8, 4) is 0 Å². The van der Waals surface area contributed by atoms with Crippen LogP contribution < -0.4 is 5.32 Å². The van der Waals surface area contributed by atoms with Gasteiger partial charge in [0.1, 0.15) is 0 Å². The highest BCUT2D eigenvalue weighted by Crippen LogP contribution is 2.27. The van der Waals surface area contributed by atoms with Gasteiger partial charge in [0.05, 0.1) is 0 Å². The van der Waals surface area contributed by atoms with Gasteiger partial charge in [-0.2, -0.15) is 8.78 Å². The minimum absolute atomic E-state index is 0.443. The second-order valence-corrected chi connectivity index (χ2v) is 5.83. The van der Waals surface area contributed by atoms with Gasteiger partial charge in [-0.25, -0.2) is 0 Å². The molecule has 0 aromatic heterocycles. The minimum Gasteiger partial charge on any atom is -0.381 e. The average Bonchev–Trinajstić information content (AvgIpc) is 2.60. The summed E-state index contributed by atoms with van der Waals surface area (Å²) in [5.41, 5.74) is 1.00. The van der Waals surface area contributed by atoms with E-state index in [4.69, 9.17) is 0 Å². The molecule has 1 aromatic carbocycles. The summed E-state index contributed by atoms with van der Waals surface area (Å²) in [6.07, 6.45) is 1.12. The minimum atomic E-state index is -2.35. The number of anilines is 1. The zero-order chi connectivity index (χ0) is 13.1. The Hall–Kier alpha value is -0.810. The van der Waals surface area contributed by atoms with Gasteiger partial charge in [0.2, 0.25) is 0 Å². The largest absolute Gasteiger partial charge is 0.381 e. The molecule has 2 atom stereocenters. The molecular weight excluding hydrogens is 254 g/mol. The lowest BCUT2D eigenvalue weighted by Crippen LogP contribution is -2.24. The predicted molar refractivity (Wildman–Crippen MR) is 72.4 cm³/mol. The monoisotopic (exact) mass is 272 g/mol. The van der Waals surface area contributed by atoms with E-state index in [1.54, 1.807) is 12.1 Å². The molecule has 1 aliphatic heterocycles. The summed E-state index contributed by atoms with van der Waals surface area (Å²) in [5, 5.41) is 3.44. The second-order valence-electron chi connectivity index (χ2n) is 4.77. The molecule has 1 saturated heterocycles. The molecule has 100 valence electrons. The Bertz CT molecular complexity index is 373. The molecule has 2 nitrogen and oxygen atoms in total. The Morgan fingerprint density at radius 3 is 2.50 bits per heavy atom. The fraction of sp³-hybridized carbons (Fsp3) is 0.538. The van der Waals surface area contributed by atoms with Gasteiger partial charge in [-0.1, -0.05) is 11.8 Å². The summed E-state index contributed by atoms with van der Waals surface area (Å²) in [5.74, 6) is -2.35. The summed E-state index contributed by atoms with van der Waals surface area (Å²) in [6.45, 7) is 3.23. The van der Waals surface area contributed by atoms with Crippen molar-refractivity contribution in [1.29, 1.82) is 0 Å². The van der Waals surface area contributed by atoms with Crippen LogP contribution in [0.2, 0.25) is 0 Å². The number of likely N-dealkylation sites (N-methyl/N-ethyl adjacent to an activating group) is 1. The van der Waals surface area contributed by atoms with Crippen LogP contribution in [0.5, 0.6) is 0 Å². The average molecular weight is 272 g/mol. The number of rotatable bonds is 4. The number of nitrogens with one attached hydrogen (secondary N) is 1. The van der Waals surface area contributed by atoms with Gasteiger partial charge >= 0.3 is 0 Å². The van der Waals surface area contributed by atoms with Crippen molar-refractivity contribution in [2.45, 2.75) is 36.1 Å². The molecule has 0 aliphatic carbocycles. The van der Waals surface area contributed by atoms with Crippen molar-refractivity contribution >= 4 is 17.4 Å². The molecule has 0 radical (unpaired) electrons. The first-order chi connectivity index (χ1) is 8.54. The molecule has 18 heavy (non-hydrogen) atoms. The number of benzene rings is 1. The number of likely N-dealkylation sites (tertiary alicyclic amines) is 1. The molecule has 1 fully saturated rings. The van der Waals surface area contributed by atoms with Crippen LogP contribution in [0.25, 0.3) is 0 Å². The van der Waals surface area contributed by atoms with E-state index in [9.17, 15) is 8.78 Å². The summed E-state index contributed by atoms with van der Waals surface area (Å²) in [7, 11) is 2.12. The van der Waals surface area contributed by atoms with E-state index in [1.807, 2.05) is 12.1 Å². The molecule has 2 unspecified atom stereocenters. The van der Waals surface area contributed by atoms with Crippen molar-refractivity contribution < 1.29 is 8.78 Å². The second kappa shape index (κ2) is 5.89.